The Bertz CT molecular complexity index is 1400. The predicted molar refractivity (Wildman–Crippen MR) is 150 cm³/mol. The maximum Gasteiger partial charge on any atom is 0.338 e. The molecule has 3 aromatic carbocycles. The van der Waals surface area contributed by atoms with E-state index < -0.39 is 35.2 Å². The van der Waals surface area contributed by atoms with Crippen molar-refractivity contribution in [1.29, 1.82) is 0 Å². The lowest BCUT2D eigenvalue weighted by molar-refractivity contribution is -0.237. The average Bonchev–Trinajstić information content (AvgIpc) is 2.97. The summed E-state index contributed by atoms with van der Waals surface area (Å²) in [4.78, 5) is 27.1. The van der Waals surface area contributed by atoms with Gasteiger partial charge in [0.25, 0.3) is 0 Å². The SMILES string of the molecule is COC1(c2ccccc2C)C(OC(=O)c2ccccc2)C(OC(=O)c2ccccc2)C(C)C2(C)C=CC=CC21. The summed E-state index contributed by atoms with van der Waals surface area (Å²) >= 11 is 0. The van der Waals surface area contributed by atoms with Gasteiger partial charge in [0, 0.05) is 24.4 Å². The quantitative estimate of drug-likeness (QED) is 0.338. The van der Waals surface area contributed by atoms with Gasteiger partial charge in [-0.2, -0.15) is 0 Å². The molecule has 0 heterocycles. The van der Waals surface area contributed by atoms with Crippen molar-refractivity contribution in [3.05, 3.63) is 131 Å². The highest BCUT2D eigenvalue weighted by Gasteiger charge is 2.66. The number of aryl methyl sites for hydroxylation is 1. The van der Waals surface area contributed by atoms with Gasteiger partial charge in [-0.15, -0.1) is 0 Å². The Morgan fingerprint density at radius 1 is 0.769 bits per heavy atom. The number of ether oxygens (including phenoxy) is 3. The summed E-state index contributed by atoms with van der Waals surface area (Å²) in [5.74, 6) is -1.39. The van der Waals surface area contributed by atoms with E-state index in [0.717, 1.165) is 11.1 Å². The number of allylic oxidation sites excluding steroid dienone is 3. The zero-order valence-electron chi connectivity index (χ0n) is 22.7. The summed E-state index contributed by atoms with van der Waals surface area (Å²) in [7, 11) is 1.65. The fourth-order valence-electron chi connectivity index (χ4n) is 6.35. The van der Waals surface area contributed by atoms with Crippen LogP contribution >= 0.6 is 0 Å². The van der Waals surface area contributed by atoms with Gasteiger partial charge < -0.3 is 14.2 Å². The highest BCUT2D eigenvalue weighted by atomic mass is 16.6. The van der Waals surface area contributed by atoms with Gasteiger partial charge in [-0.3, -0.25) is 0 Å². The lowest BCUT2D eigenvalue weighted by Gasteiger charge is -2.60. The Kier molecular flexibility index (Phi) is 7.28. The molecule has 0 bridgehead atoms. The van der Waals surface area contributed by atoms with E-state index in [9.17, 15) is 9.59 Å². The summed E-state index contributed by atoms with van der Waals surface area (Å²) in [6.45, 7) is 6.24. The highest BCUT2D eigenvalue weighted by Crippen LogP contribution is 2.60. The van der Waals surface area contributed by atoms with Gasteiger partial charge in [-0.1, -0.05) is 98.8 Å². The lowest BCUT2D eigenvalue weighted by atomic mass is 9.51. The summed E-state index contributed by atoms with van der Waals surface area (Å²) in [5, 5.41) is 0. The second kappa shape index (κ2) is 10.7. The molecule has 1 fully saturated rings. The maximum absolute atomic E-state index is 13.6. The Hall–Kier alpha value is -3.96. The van der Waals surface area contributed by atoms with E-state index >= 15 is 0 Å². The number of benzene rings is 3. The highest BCUT2D eigenvalue weighted by molar-refractivity contribution is 5.90. The van der Waals surface area contributed by atoms with Crippen LogP contribution in [0.1, 0.15) is 45.7 Å². The predicted octanol–water partition coefficient (Wildman–Crippen LogP) is 6.69. The van der Waals surface area contributed by atoms with Gasteiger partial charge in [0.2, 0.25) is 0 Å². The van der Waals surface area contributed by atoms with Gasteiger partial charge in [0.15, 0.2) is 6.10 Å². The normalized spacial score (nSPS) is 29.3. The van der Waals surface area contributed by atoms with E-state index in [4.69, 9.17) is 14.2 Å². The largest absolute Gasteiger partial charge is 0.454 e. The first-order valence-electron chi connectivity index (χ1n) is 13.3. The fraction of sp³-hybridized carbons (Fsp3) is 0.294. The van der Waals surface area contributed by atoms with Gasteiger partial charge in [-0.25, -0.2) is 9.59 Å². The van der Waals surface area contributed by atoms with E-state index in [1.807, 2.05) is 55.5 Å². The number of carbonyl (C=O) groups excluding carboxylic acids is 2. The van der Waals surface area contributed by atoms with Crippen molar-refractivity contribution in [2.75, 3.05) is 7.11 Å². The van der Waals surface area contributed by atoms with Gasteiger partial charge >= 0.3 is 11.9 Å². The minimum absolute atomic E-state index is 0.211. The number of carbonyl (C=O) groups is 2. The first-order valence-corrected chi connectivity index (χ1v) is 13.3. The van der Waals surface area contributed by atoms with E-state index in [0.29, 0.717) is 11.1 Å². The molecular weight excluding hydrogens is 488 g/mol. The molecule has 200 valence electrons. The van der Waals surface area contributed by atoms with Crippen LogP contribution in [0.2, 0.25) is 0 Å². The molecule has 5 nitrogen and oxygen atoms in total. The van der Waals surface area contributed by atoms with Crippen molar-refractivity contribution in [1.82, 2.24) is 0 Å². The standard InChI is InChI=1S/C34H34O5/c1-23-15-11-12-20-27(23)34(37-4)28-21-13-14-22-33(28,3)24(2)29(38-31(35)25-16-7-5-8-17-25)30(34)39-32(36)26-18-9-6-10-19-26/h5-22,24,28-30H,1-4H3. The molecular formula is C34H34O5. The summed E-state index contributed by atoms with van der Waals surface area (Å²) in [6, 6.07) is 25.7. The van der Waals surface area contributed by atoms with Crippen molar-refractivity contribution in [3.63, 3.8) is 0 Å². The molecule has 0 spiro atoms. The zero-order valence-corrected chi connectivity index (χ0v) is 22.7. The maximum atomic E-state index is 13.6. The van der Waals surface area contributed by atoms with Crippen LogP contribution in [0.15, 0.2) is 109 Å². The van der Waals surface area contributed by atoms with Gasteiger partial charge in [0.1, 0.15) is 11.7 Å². The first-order chi connectivity index (χ1) is 18.8. The van der Waals surface area contributed by atoms with E-state index in [1.165, 1.54) is 0 Å². The van der Waals surface area contributed by atoms with Crippen molar-refractivity contribution >= 4 is 11.9 Å². The molecule has 0 aromatic heterocycles. The number of fused-ring (bicyclic) bond motifs is 1. The molecule has 3 aromatic rings. The Balaban J connectivity index is 1.71. The fourth-order valence-corrected chi connectivity index (χ4v) is 6.35. The van der Waals surface area contributed by atoms with Crippen molar-refractivity contribution in [2.24, 2.45) is 17.3 Å². The van der Waals surface area contributed by atoms with Crippen LogP contribution in [-0.2, 0) is 19.8 Å². The topological polar surface area (TPSA) is 61.8 Å². The molecule has 6 unspecified atom stereocenters. The molecule has 0 aliphatic heterocycles. The van der Waals surface area contributed by atoms with Gasteiger partial charge in [0.05, 0.1) is 11.1 Å². The van der Waals surface area contributed by atoms with Crippen LogP contribution in [0, 0.1) is 24.2 Å². The zero-order chi connectivity index (χ0) is 27.6. The minimum atomic E-state index is -1.14. The number of esters is 2. The van der Waals surface area contributed by atoms with Crippen molar-refractivity contribution in [3.8, 4) is 0 Å². The third-order valence-electron chi connectivity index (χ3n) is 8.60. The van der Waals surface area contributed by atoms with Gasteiger partial charge in [-0.05, 0) is 42.3 Å². The Morgan fingerprint density at radius 2 is 1.33 bits per heavy atom. The molecule has 5 heteroatoms. The molecule has 2 aliphatic carbocycles. The van der Waals surface area contributed by atoms with Crippen LogP contribution in [0.3, 0.4) is 0 Å². The van der Waals surface area contributed by atoms with Crippen LogP contribution in [0.25, 0.3) is 0 Å². The molecule has 5 rings (SSSR count). The first kappa shape index (κ1) is 26.6. The van der Waals surface area contributed by atoms with E-state index in [1.54, 1.807) is 55.6 Å². The molecule has 6 atom stereocenters. The molecule has 39 heavy (non-hydrogen) atoms. The lowest BCUT2D eigenvalue weighted by Crippen LogP contribution is -2.67. The van der Waals surface area contributed by atoms with Crippen LogP contribution in [0.5, 0.6) is 0 Å². The van der Waals surface area contributed by atoms with Crippen molar-refractivity contribution in [2.45, 2.75) is 38.6 Å². The molecule has 0 N–H and O–H groups in total. The second-order valence-corrected chi connectivity index (χ2v) is 10.6. The monoisotopic (exact) mass is 522 g/mol. The van der Waals surface area contributed by atoms with Crippen LogP contribution in [-0.4, -0.2) is 31.3 Å². The molecule has 2 aliphatic rings. The number of methoxy groups -OCH3 is 1. The summed E-state index contributed by atoms with van der Waals surface area (Å²) in [5.41, 5.74) is 1.13. The average molecular weight is 523 g/mol. The smallest absolute Gasteiger partial charge is 0.338 e. The van der Waals surface area contributed by atoms with E-state index in [2.05, 4.69) is 26.0 Å². The van der Waals surface area contributed by atoms with Crippen molar-refractivity contribution < 1.29 is 23.8 Å². The van der Waals surface area contributed by atoms with Crippen LogP contribution < -0.4 is 0 Å². The van der Waals surface area contributed by atoms with Crippen LogP contribution in [0.4, 0.5) is 0 Å². The third-order valence-corrected chi connectivity index (χ3v) is 8.60. The molecule has 0 radical (unpaired) electrons. The molecule has 0 saturated heterocycles. The number of hydrogen-bond donors (Lipinski definition) is 0. The minimum Gasteiger partial charge on any atom is -0.454 e. The van der Waals surface area contributed by atoms with E-state index in [-0.39, 0.29) is 11.8 Å². The second-order valence-electron chi connectivity index (χ2n) is 10.6. The Labute approximate surface area is 230 Å². The summed E-state index contributed by atoms with van der Waals surface area (Å²) in [6.07, 6.45) is 6.59. The summed E-state index contributed by atoms with van der Waals surface area (Å²) < 4.78 is 19.3. The Morgan fingerprint density at radius 3 is 1.92 bits per heavy atom. The molecule has 1 saturated carbocycles. The number of hydrogen-bond acceptors (Lipinski definition) is 5. The molecule has 0 amide bonds. The number of rotatable bonds is 6. The third kappa shape index (κ3) is 4.51.